The van der Waals surface area contributed by atoms with Crippen LogP contribution in [0.2, 0.25) is 0 Å². The van der Waals surface area contributed by atoms with E-state index in [0.717, 1.165) is 6.07 Å². The van der Waals surface area contributed by atoms with Crippen LogP contribution in [0.4, 0.5) is 11.4 Å². The highest BCUT2D eigenvalue weighted by atomic mass is 35.5. The Balaban J connectivity index is 1.53. The van der Waals surface area contributed by atoms with E-state index in [1.165, 1.54) is 42.5 Å². The molecule has 4 rings (SSSR count). The molecule has 0 saturated heterocycles. The first-order valence-corrected chi connectivity index (χ1v) is 11.2. The molecule has 0 fully saturated rings. The Morgan fingerprint density at radius 2 is 1.38 bits per heavy atom. The first-order chi connectivity index (χ1) is 15.3. The fraction of sp³-hybridized carbons (Fsp3) is 0.0455. The summed E-state index contributed by atoms with van der Waals surface area (Å²) < 4.78 is 30.1. The van der Waals surface area contributed by atoms with Crippen LogP contribution in [-0.4, -0.2) is 31.8 Å². The maximum atomic E-state index is 12.8. The van der Waals surface area contributed by atoms with Gasteiger partial charge in [0.05, 0.1) is 10.6 Å². The van der Waals surface area contributed by atoms with E-state index in [9.17, 15) is 22.8 Å². The van der Waals surface area contributed by atoms with Gasteiger partial charge in [-0.3, -0.25) is 14.4 Å². The summed E-state index contributed by atoms with van der Waals surface area (Å²) in [5.41, 5.74) is 3.73. The number of hydrogen-bond acceptors (Lipinski definition) is 7. The van der Waals surface area contributed by atoms with Crippen LogP contribution in [0, 0.1) is 0 Å². The molecule has 0 radical (unpaired) electrons. The van der Waals surface area contributed by atoms with E-state index in [1.807, 2.05) is 0 Å². The molecule has 3 aromatic carbocycles. The number of carbonyl (C=O) groups is 3. The van der Waals surface area contributed by atoms with Crippen LogP contribution in [-0.2, 0) is 19.2 Å². The molecule has 32 heavy (non-hydrogen) atoms. The molecular weight excluding hydrogens is 456 g/mol. The fourth-order valence-corrected chi connectivity index (χ4v) is 4.07. The lowest BCUT2D eigenvalue weighted by molar-refractivity contribution is -0.113. The minimum atomic E-state index is -4.31. The number of hydrogen-bond donors (Lipinski definition) is 2. The lowest BCUT2D eigenvalue weighted by Crippen LogP contribution is -2.21. The molecule has 10 heteroatoms. The molecule has 0 aromatic heterocycles. The van der Waals surface area contributed by atoms with Gasteiger partial charge in [0, 0.05) is 27.9 Å². The summed E-state index contributed by atoms with van der Waals surface area (Å²) in [7, 11) is -4.31. The largest absolute Gasteiger partial charge is 0.325 e. The zero-order valence-corrected chi connectivity index (χ0v) is 17.9. The van der Waals surface area contributed by atoms with Gasteiger partial charge in [-0.25, -0.2) is 5.48 Å². The average Bonchev–Trinajstić information content (AvgIpc) is 2.81. The lowest BCUT2D eigenvalue weighted by atomic mass is 9.84. The van der Waals surface area contributed by atoms with Crippen LogP contribution < -0.4 is 10.8 Å². The van der Waals surface area contributed by atoms with E-state index >= 15 is 0 Å². The van der Waals surface area contributed by atoms with Gasteiger partial charge in [-0.2, -0.15) is 8.42 Å². The van der Waals surface area contributed by atoms with Gasteiger partial charge in [0.1, 0.15) is 5.88 Å². The quantitative estimate of drug-likeness (QED) is 0.327. The summed E-state index contributed by atoms with van der Waals surface area (Å²) in [4.78, 5) is 36.5. The van der Waals surface area contributed by atoms with Gasteiger partial charge in [0.25, 0.3) is 0 Å². The van der Waals surface area contributed by atoms with Crippen LogP contribution in [0.1, 0.15) is 31.8 Å². The minimum absolute atomic E-state index is 0.00207. The van der Waals surface area contributed by atoms with Crippen molar-refractivity contribution in [1.82, 2.24) is 0 Å². The van der Waals surface area contributed by atoms with Crippen molar-refractivity contribution < 1.29 is 27.1 Å². The summed E-state index contributed by atoms with van der Waals surface area (Å²) in [6.07, 6.45) is 0. The Hall–Kier alpha value is -3.53. The molecular formula is C22H15ClN2O6S. The Kier molecular flexibility index (Phi) is 5.79. The van der Waals surface area contributed by atoms with E-state index in [1.54, 1.807) is 18.2 Å². The van der Waals surface area contributed by atoms with E-state index in [0.29, 0.717) is 11.4 Å². The third kappa shape index (κ3) is 4.13. The molecule has 162 valence electrons. The van der Waals surface area contributed by atoms with Crippen LogP contribution in [0.3, 0.4) is 0 Å². The van der Waals surface area contributed by atoms with Crippen molar-refractivity contribution in [2.45, 2.75) is 4.90 Å². The van der Waals surface area contributed by atoms with Gasteiger partial charge in [0.15, 0.2) is 11.6 Å². The minimum Gasteiger partial charge on any atom is -0.325 e. The number of rotatable bonds is 6. The van der Waals surface area contributed by atoms with Crippen molar-refractivity contribution in [3.8, 4) is 0 Å². The van der Waals surface area contributed by atoms with Crippen LogP contribution >= 0.6 is 11.6 Å². The molecule has 0 spiro atoms. The number of alkyl halides is 1. The molecule has 0 unspecified atom stereocenters. The average molecular weight is 471 g/mol. The molecule has 1 aliphatic rings. The topological polar surface area (TPSA) is 119 Å². The first kappa shape index (κ1) is 21.7. The summed E-state index contributed by atoms with van der Waals surface area (Å²) in [5.74, 6) is -1.36. The van der Waals surface area contributed by atoms with Crippen molar-refractivity contribution in [1.29, 1.82) is 0 Å². The van der Waals surface area contributed by atoms with Gasteiger partial charge < -0.3 is 5.32 Å². The summed E-state index contributed by atoms with van der Waals surface area (Å²) >= 11 is 5.43. The number of ketones is 2. The zero-order valence-electron chi connectivity index (χ0n) is 16.3. The van der Waals surface area contributed by atoms with Crippen molar-refractivity contribution in [2.75, 3.05) is 16.7 Å². The molecule has 3 aromatic rings. The van der Waals surface area contributed by atoms with Gasteiger partial charge in [0.2, 0.25) is 5.91 Å². The van der Waals surface area contributed by atoms with Gasteiger partial charge in [-0.1, -0.05) is 24.3 Å². The van der Waals surface area contributed by atoms with Crippen LogP contribution in [0.15, 0.2) is 71.6 Å². The Bertz CT molecular complexity index is 1350. The highest BCUT2D eigenvalue weighted by molar-refractivity contribution is 7.86. The summed E-state index contributed by atoms with van der Waals surface area (Å²) in [6, 6.07) is 16.1. The maximum absolute atomic E-state index is 12.8. The molecule has 0 atom stereocenters. The predicted octanol–water partition coefficient (Wildman–Crippen LogP) is 3.37. The SMILES string of the molecule is O=C(CCl)Nc1ccc(NOS(=O)(=O)c2ccc3c(c2)C(=O)c2ccccc2C3=O)cc1. The Morgan fingerprint density at radius 3 is 2.00 bits per heavy atom. The van der Waals surface area contributed by atoms with Gasteiger partial charge in [-0.05, 0) is 42.5 Å². The maximum Gasteiger partial charge on any atom is 0.317 e. The highest BCUT2D eigenvalue weighted by Gasteiger charge is 2.31. The van der Waals surface area contributed by atoms with Crippen LogP contribution in [0.5, 0.6) is 0 Å². The van der Waals surface area contributed by atoms with Crippen molar-refractivity contribution in [2.24, 2.45) is 0 Å². The summed E-state index contributed by atoms with van der Waals surface area (Å²) in [6.45, 7) is 0. The third-order valence-corrected chi connectivity index (χ3v) is 6.12. The number of fused-ring (bicyclic) bond motifs is 2. The molecule has 0 bridgehead atoms. The second-order valence-corrected chi connectivity index (χ2v) is 8.62. The number of benzene rings is 3. The Morgan fingerprint density at radius 1 is 0.812 bits per heavy atom. The Labute approximate surface area is 188 Å². The van der Waals surface area contributed by atoms with E-state index in [-0.39, 0.29) is 44.7 Å². The predicted molar refractivity (Wildman–Crippen MR) is 117 cm³/mol. The number of nitrogens with one attached hydrogen (secondary N) is 2. The molecule has 1 amide bonds. The molecule has 0 saturated carbocycles. The van der Waals surface area contributed by atoms with E-state index < -0.39 is 15.9 Å². The second kappa shape index (κ2) is 8.54. The number of amides is 1. The number of anilines is 2. The standard InChI is InChI=1S/C22H15ClN2O6S/c23-12-20(26)24-13-5-7-14(8-6-13)25-31-32(29,30)15-9-10-18-19(11-15)22(28)17-4-2-1-3-16(17)21(18)27/h1-11,25H,12H2,(H,24,26). The van der Waals surface area contributed by atoms with E-state index in [4.69, 9.17) is 15.9 Å². The molecule has 0 aliphatic heterocycles. The molecule has 8 nitrogen and oxygen atoms in total. The summed E-state index contributed by atoms with van der Waals surface area (Å²) in [5, 5.41) is 2.54. The van der Waals surface area contributed by atoms with E-state index in [2.05, 4.69) is 10.8 Å². The smallest absolute Gasteiger partial charge is 0.317 e. The highest BCUT2D eigenvalue weighted by Crippen LogP contribution is 2.29. The molecule has 2 N–H and O–H groups in total. The molecule has 1 aliphatic carbocycles. The normalized spacial score (nSPS) is 12.7. The van der Waals surface area contributed by atoms with Gasteiger partial charge >= 0.3 is 10.1 Å². The van der Waals surface area contributed by atoms with Crippen LogP contribution in [0.25, 0.3) is 0 Å². The van der Waals surface area contributed by atoms with Crippen molar-refractivity contribution >= 4 is 50.6 Å². The monoisotopic (exact) mass is 470 g/mol. The van der Waals surface area contributed by atoms with Crippen molar-refractivity contribution in [3.05, 3.63) is 89.0 Å². The number of halogens is 1. The molecule has 0 heterocycles. The first-order valence-electron chi connectivity index (χ1n) is 9.28. The van der Waals surface area contributed by atoms with Crippen molar-refractivity contribution in [3.63, 3.8) is 0 Å². The van der Waals surface area contributed by atoms with Gasteiger partial charge in [-0.15, -0.1) is 15.9 Å². The second-order valence-electron chi connectivity index (χ2n) is 6.81. The third-order valence-electron chi connectivity index (χ3n) is 4.74. The number of carbonyl (C=O) groups excluding carboxylic acids is 3. The fourth-order valence-electron chi connectivity index (χ4n) is 3.20. The lowest BCUT2D eigenvalue weighted by Gasteiger charge is -2.18. The zero-order chi connectivity index (χ0) is 22.9.